The van der Waals surface area contributed by atoms with Crippen LogP contribution in [-0.2, 0) is 16.8 Å². The average molecular weight is 446 g/mol. The minimum Gasteiger partial charge on any atom is -0.339 e. The lowest BCUT2D eigenvalue weighted by Crippen LogP contribution is -2.50. The third-order valence-corrected chi connectivity index (χ3v) is 6.49. The summed E-state index contributed by atoms with van der Waals surface area (Å²) in [5, 5.41) is 2.96. The highest BCUT2D eigenvalue weighted by molar-refractivity contribution is 6.07. The normalized spacial score (nSPS) is 17.1. The summed E-state index contributed by atoms with van der Waals surface area (Å²) in [4.78, 5) is 41.3. The number of piperidine rings is 1. The number of anilines is 1. The van der Waals surface area contributed by atoms with Crippen LogP contribution in [0.5, 0.6) is 0 Å². The Morgan fingerprint density at radius 2 is 1.64 bits per heavy atom. The van der Waals surface area contributed by atoms with Gasteiger partial charge < -0.3 is 15.1 Å². The van der Waals surface area contributed by atoms with E-state index in [1.165, 1.54) is 12.2 Å². The zero-order valence-electron chi connectivity index (χ0n) is 19.5. The molecule has 0 saturated carbocycles. The van der Waals surface area contributed by atoms with Gasteiger partial charge in [-0.15, -0.1) is 0 Å². The molecule has 0 unspecified atom stereocenters. The smallest absolute Gasteiger partial charge is 0.322 e. The molecule has 1 fully saturated rings. The number of benzene rings is 2. The summed E-state index contributed by atoms with van der Waals surface area (Å²) in [7, 11) is 0. The Balaban J connectivity index is 1.31. The van der Waals surface area contributed by atoms with Crippen LogP contribution in [0.2, 0.25) is 0 Å². The second-order valence-electron chi connectivity index (χ2n) is 9.80. The molecule has 0 aromatic heterocycles. The predicted molar refractivity (Wildman–Crippen MR) is 129 cm³/mol. The van der Waals surface area contributed by atoms with Crippen molar-refractivity contribution in [2.45, 2.75) is 51.6 Å². The second kappa shape index (κ2) is 9.22. The number of nitrogens with one attached hydrogen (secondary N) is 1. The monoisotopic (exact) mass is 445 g/mol. The van der Waals surface area contributed by atoms with Gasteiger partial charge in [-0.3, -0.25) is 9.59 Å². The lowest BCUT2D eigenvalue weighted by atomic mass is 9.86. The molecule has 6 nitrogen and oxygen atoms in total. The molecule has 2 aliphatic heterocycles. The number of para-hydroxylation sites is 1. The highest BCUT2D eigenvalue weighted by atomic mass is 16.2. The number of fused-ring (bicyclic) bond motifs is 1. The standard InChI is InChI=1S/C27H31N3O3/c1-27(2,3)21-10-8-19(9-11-21)24(31)12-13-25(32)29-16-14-22(15-17-29)30-18-20-6-4-5-7-23(20)28-26(30)33/h4-13,22H,14-18H2,1-3H3,(H,28,33)/b13-12+. The molecular weight excluding hydrogens is 414 g/mol. The maximum atomic E-state index is 12.6. The number of hydrogen-bond donors (Lipinski definition) is 1. The summed E-state index contributed by atoms with van der Waals surface area (Å²) in [5.41, 5.74) is 3.73. The topological polar surface area (TPSA) is 69.7 Å². The molecule has 2 aromatic carbocycles. The van der Waals surface area contributed by atoms with Crippen molar-refractivity contribution in [1.82, 2.24) is 9.80 Å². The molecule has 33 heavy (non-hydrogen) atoms. The number of nitrogens with zero attached hydrogens (tertiary/aromatic N) is 2. The van der Waals surface area contributed by atoms with Gasteiger partial charge in [0.2, 0.25) is 5.91 Å². The van der Waals surface area contributed by atoms with Crippen molar-refractivity contribution in [2.24, 2.45) is 0 Å². The molecule has 6 heteroatoms. The number of hydrogen-bond acceptors (Lipinski definition) is 3. The third kappa shape index (κ3) is 5.16. The van der Waals surface area contributed by atoms with Crippen LogP contribution in [0.15, 0.2) is 60.7 Å². The molecule has 2 aromatic rings. The Hall–Kier alpha value is -3.41. The van der Waals surface area contributed by atoms with Crippen LogP contribution in [0, 0.1) is 0 Å². The fourth-order valence-corrected chi connectivity index (χ4v) is 4.40. The largest absolute Gasteiger partial charge is 0.339 e. The van der Waals surface area contributed by atoms with Crippen molar-refractivity contribution < 1.29 is 14.4 Å². The number of ketones is 1. The van der Waals surface area contributed by atoms with E-state index >= 15 is 0 Å². The number of likely N-dealkylation sites (tertiary alicyclic amines) is 1. The predicted octanol–water partition coefficient (Wildman–Crippen LogP) is 4.76. The number of urea groups is 1. The van der Waals surface area contributed by atoms with E-state index in [1.54, 1.807) is 4.90 Å². The van der Waals surface area contributed by atoms with E-state index < -0.39 is 0 Å². The molecule has 0 radical (unpaired) electrons. The van der Waals surface area contributed by atoms with Crippen molar-refractivity contribution in [3.05, 3.63) is 77.4 Å². The van der Waals surface area contributed by atoms with E-state index in [1.807, 2.05) is 53.4 Å². The van der Waals surface area contributed by atoms with E-state index in [-0.39, 0.29) is 29.2 Å². The molecule has 0 bridgehead atoms. The van der Waals surface area contributed by atoms with E-state index in [2.05, 4.69) is 26.1 Å². The zero-order valence-corrected chi connectivity index (χ0v) is 19.5. The summed E-state index contributed by atoms with van der Waals surface area (Å²) in [6.45, 7) is 8.09. The Labute approximate surface area is 195 Å². The van der Waals surface area contributed by atoms with Crippen LogP contribution in [0.25, 0.3) is 0 Å². The molecule has 0 atom stereocenters. The minimum atomic E-state index is -0.178. The third-order valence-electron chi connectivity index (χ3n) is 6.49. The van der Waals surface area contributed by atoms with Crippen LogP contribution in [-0.4, -0.2) is 46.7 Å². The number of carbonyl (C=O) groups excluding carboxylic acids is 3. The van der Waals surface area contributed by atoms with Gasteiger partial charge in [0.25, 0.3) is 0 Å². The maximum absolute atomic E-state index is 12.6. The summed E-state index contributed by atoms with van der Waals surface area (Å²) >= 11 is 0. The van der Waals surface area contributed by atoms with Gasteiger partial charge in [-0.25, -0.2) is 4.79 Å². The van der Waals surface area contributed by atoms with Crippen LogP contribution < -0.4 is 5.32 Å². The molecule has 4 rings (SSSR count). The van der Waals surface area contributed by atoms with Gasteiger partial charge in [-0.05, 0) is 41.5 Å². The van der Waals surface area contributed by atoms with E-state index in [9.17, 15) is 14.4 Å². The van der Waals surface area contributed by atoms with Gasteiger partial charge in [0.05, 0.1) is 0 Å². The van der Waals surface area contributed by atoms with E-state index in [0.29, 0.717) is 25.2 Å². The van der Waals surface area contributed by atoms with E-state index in [4.69, 9.17) is 0 Å². The highest BCUT2D eigenvalue weighted by Crippen LogP contribution is 2.27. The summed E-state index contributed by atoms with van der Waals surface area (Å²) < 4.78 is 0. The Morgan fingerprint density at radius 3 is 2.30 bits per heavy atom. The van der Waals surface area contributed by atoms with Crippen LogP contribution in [0.1, 0.15) is 55.1 Å². The summed E-state index contributed by atoms with van der Waals surface area (Å²) in [6.07, 6.45) is 4.16. The number of allylic oxidation sites excluding steroid dienone is 1. The second-order valence-corrected chi connectivity index (χ2v) is 9.80. The molecule has 2 aliphatic rings. The average Bonchev–Trinajstić information content (AvgIpc) is 2.81. The molecule has 1 saturated heterocycles. The first-order chi connectivity index (χ1) is 15.7. The first-order valence-electron chi connectivity index (χ1n) is 11.5. The summed E-state index contributed by atoms with van der Waals surface area (Å²) in [5.74, 6) is -0.344. The number of carbonyl (C=O) groups is 3. The van der Waals surface area contributed by atoms with Crippen LogP contribution in [0.3, 0.4) is 0 Å². The Morgan fingerprint density at radius 1 is 0.970 bits per heavy atom. The molecule has 3 amide bonds. The molecule has 0 aliphatic carbocycles. The first-order valence-corrected chi connectivity index (χ1v) is 11.5. The quantitative estimate of drug-likeness (QED) is 0.545. The van der Waals surface area contributed by atoms with Crippen molar-refractivity contribution >= 4 is 23.4 Å². The molecule has 172 valence electrons. The SMILES string of the molecule is CC(C)(C)c1ccc(C(=O)/C=C/C(=O)N2CCC(N3Cc4ccccc4NC3=O)CC2)cc1. The van der Waals surface area contributed by atoms with Gasteiger partial charge in [0.1, 0.15) is 0 Å². The van der Waals surface area contributed by atoms with Gasteiger partial charge in [-0.2, -0.15) is 0 Å². The molecule has 2 heterocycles. The lowest BCUT2D eigenvalue weighted by Gasteiger charge is -2.40. The fourth-order valence-electron chi connectivity index (χ4n) is 4.40. The van der Waals surface area contributed by atoms with Crippen molar-refractivity contribution in [1.29, 1.82) is 0 Å². The minimum absolute atomic E-state index is 0.0256. The van der Waals surface area contributed by atoms with Crippen LogP contribution in [0.4, 0.5) is 10.5 Å². The van der Waals surface area contributed by atoms with Crippen molar-refractivity contribution in [3.63, 3.8) is 0 Å². The van der Waals surface area contributed by atoms with Gasteiger partial charge in [-0.1, -0.05) is 63.2 Å². The van der Waals surface area contributed by atoms with Crippen molar-refractivity contribution in [2.75, 3.05) is 18.4 Å². The highest BCUT2D eigenvalue weighted by Gasteiger charge is 2.32. The van der Waals surface area contributed by atoms with Gasteiger partial charge in [0, 0.05) is 43.0 Å². The number of amides is 3. The summed E-state index contributed by atoms with van der Waals surface area (Å²) in [6, 6.07) is 15.4. The first kappa shape index (κ1) is 22.8. The Kier molecular flexibility index (Phi) is 6.36. The van der Waals surface area contributed by atoms with Gasteiger partial charge in [0.15, 0.2) is 5.78 Å². The van der Waals surface area contributed by atoms with Gasteiger partial charge >= 0.3 is 6.03 Å². The fraction of sp³-hybridized carbons (Fsp3) is 0.370. The molecular formula is C27H31N3O3. The molecule has 1 N–H and O–H groups in total. The zero-order chi connectivity index (χ0) is 23.6. The van der Waals surface area contributed by atoms with E-state index in [0.717, 1.165) is 29.7 Å². The molecule has 0 spiro atoms. The maximum Gasteiger partial charge on any atom is 0.322 e. The number of rotatable bonds is 4. The Bertz CT molecular complexity index is 1070. The van der Waals surface area contributed by atoms with Crippen LogP contribution >= 0.6 is 0 Å². The lowest BCUT2D eigenvalue weighted by molar-refractivity contribution is -0.127. The van der Waals surface area contributed by atoms with Crippen molar-refractivity contribution in [3.8, 4) is 0 Å².